The van der Waals surface area contributed by atoms with Crippen molar-refractivity contribution >= 4 is 23.6 Å². The summed E-state index contributed by atoms with van der Waals surface area (Å²) in [6.45, 7) is 1.69. The molecule has 0 saturated carbocycles. The number of hydrogen-bond donors (Lipinski definition) is 1. The van der Waals surface area contributed by atoms with Crippen molar-refractivity contribution in [2.24, 2.45) is 0 Å². The van der Waals surface area contributed by atoms with Gasteiger partial charge in [-0.1, -0.05) is 0 Å². The highest BCUT2D eigenvalue weighted by molar-refractivity contribution is 6.17. The maximum atomic E-state index is 13.3. The molecule has 0 bridgehead atoms. The molecule has 0 aliphatic heterocycles. The summed E-state index contributed by atoms with van der Waals surface area (Å²) in [5.41, 5.74) is 6.41. The van der Waals surface area contributed by atoms with Gasteiger partial charge in [0.05, 0.1) is 11.6 Å². The van der Waals surface area contributed by atoms with Gasteiger partial charge in [-0.25, -0.2) is 4.39 Å². The minimum atomic E-state index is -0.586. The van der Waals surface area contributed by atoms with E-state index in [1.165, 1.54) is 6.07 Å². The molecule has 0 spiro atoms. The first kappa shape index (κ1) is 9.99. The average molecular weight is 202 g/mol. The van der Waals surface area contributed by atoms with Crippen LogP contribution < -0.4 is 5.73 Å². The number of rotatable bonds is 2. The topological polar surface area (TPSA) is 43.1 Å². The van der Waals surface area contributed by atoms with Gasteiger partial charge < -0.3 is 5.73 Å². The number of nitrogens with two attached hydrogens (primary N) is 1. The van der Waals surface area contributed by atoms with Crippen LogP contribution in [0.1, 0.15) is 21.5 Å². The number of halogens is 2. The van der Waals surface area contributed by atoms with E-state index in [-0.39, 0.29) is 17.1 Å². The minimum absolute atomic E-state index is 0.0566. The molecule has 13 heavy (non-hydrogen) atoms. The number of carbonyl (C=O) groups is 1. The number of aldehydes is 1. The van der Waals surface area contributed by atoms with E-state index in [0.29, 0.717) is 17.4 Å². The Morgan fingerprint density at radius 2 is 2.31 bits per heavy atom. The summed E-state index contributed by atoms with van der Waals surface area (Å²) in [4.78, 5) is 10.5. The largest absolute Gasteiger partial charge is 0.396 e. The van der Waals surface area contributed by atoms with Gasteiger partial charge in [0.15, 0.2) is 12.1 Å². The predicted octanol–water partition coefficient (Wildman–Crippen LogP) is 2.27. The van der Waals surface area contributed by atoms with Crippen molar-refractivity contribution in [3.05, 3.63) is 28.6 Å². The zero-order chi connectivity index (χ0) is 10.0. The molecule has 2 N–H and O–H groups in total. The van der Waals surface area contributed by atoms with Crippen LogP contribution in [0.3, 0.4) is 0 Å². The first-order valence-electron chi connectivity index (χ1n) is 3.70. The number of benzene rings is 1. The smallest absolute Gasteiger partial charge is 0.152 e. The highest BCUT2D eigenvalue weighted by atomic mass is 35.5. The Bertz CT molecular complexity index is 352. The summed E-state index contributed by atoms with van der Waals surface area (Å²) in [7, 11) is 0. The summed E-state index contributed by atoms with van der Waals surface area (Å²) in [6.07, 6.45) is 0.531. The van der Waals surface area contributed by atoms with Crippen LogP contribution in [0.2, 0.25) is 0 Å². The zero-order valence-electron chi connectivity index (χ0n) is 7.10. The van der Waals surface area contributed by atoms with Gasteiger partial charge in [-0.05, 0) is 18.6 Å². The van der Waals surface area contributed by atoms with Crippen LogP contribution in [-0.4, -0.2) is 6.29 Å². The van der Waals surface area contributed by atoms with Crippen molar-refractivity contribution in [2.45, 2.75) is 12.8 Å². The van der Waals surface area contributed by atoms with Crippen LogP contribution in [0.5, 0.6) is 0 Å². The molecule has 0 amide bonds. The molecule has 0 fully saturated rings. The predicted molar refractivity (Wildman–Crippen MR) is 50.5 cm³/mol. The maximum Gasteiger partial charge on any atom is 0.152 e. The van der Waals surface area contributed by atoms with E-state index in [2.05, 4.69) is 0 Å². The third kappa shape index (κ3) is 1.65. The van der Waals surface area contributed by atoms with Crippen molar-refractivity contribution in [1.29, 1.82) is 0 Å². The van der Waals surface area contributed by atoms with E-state index < -0.39 is 5.82 Å². The third-order valence-electron chi connectivity index (χ3n) is 1.92. The summed E-state index contributed by atoms with van der Waals surface area (Å²) in [5.74, 6) is -0.529. The summed E-state index contributed by atoms with van der Waals surface area (Å²) in [5, 5.41) is 0. The van der Waals surface area contributed by atoms with E-state index >= 15 is 0 Å². The zero-order valence-corrected chi connectivity index (χ0v) is 7.86. The van der Waals surface area contributed by atoms with Crippen molar-refractivity contribution in [2.75, 3.05) is 5.73 Å². The second kappa shape index (κ2) is 3.75. The molecular formula is C9H9ClFNO. The van der Waals surface area contributed by atoms with Gasteiger partial charge in [-0.15, -0.1) is 11.6 Å². The molecule has 0 radical (unpaired) electrons. The molecule has 0 aromatic heterocycles. The standard InChI is InChI=1S/C9H9ClFNO/c1-5-2-6(4-13)9(12)8(11)7(5)3-10/h2,4H,3,12H2,1H3. The van der Waals surface area contributed by atoms with E-state index in [0.717, 1.165) is 0 Å². The monoisotopic (exact) mass is 201 g/mol. The minimum Gasteiger partial charge on any atom is -0.396 e. The van der Waals surface area contributed by atoms with E-state index in [4.69, 9.17) is 17.3 Å². The Kier molecular flexibility index (Phi) is 2.88. The second-order valence-corrected chi connectivity index (χ2v) is 3.01. The maximum absolute atomic E-state index is 13.3. The van der Waals surface area contributed by atoms with Gasteiger partial charge in [0.2, 0.25) is 0 Å². The second-order valence-electron chi connectivity index (χ2n) is 2.74. The van der Waals surface area contributed by atoms with Gasteiger partial charge in [-0.3, -0.25) is 4.79 Å². The molecule has 0 atom stereocenters. The summed E-state index contributed by atoms with van der Waals surface area (Å²) < 4.78 is 13.3. The quantitative estimate of drug-likeness (QED) is 0.453. The van der Waals surface area contributed by atoms with Crippen LogP contribution in [-0.2, 0) is 5.88 Å². The Balaban J connectivity index is 3.45. The van der Waals surface area contributed by atoms with Crippen LogP contribution in [0.15, 0.2) is 6.07 Å². The fourth-order valence-corrected chi connectivity index (χ4v) is 1.45. The Morgan fingerprint density at radius 1 is 1.69 bits per heavy atom. The van der Waals surface area contributed by atoms with Gasteiger partial charge in [0, 0.05) is 11.1 Å². The molecule has 1 aromatic carbocycles. The Hall–Kier alpha value is -1.09. The molecule has 0 aliphatic carbocycles. The van der Waals surface area contributed by atoms with Crippen molar-refractivity contribution < 1.29 is 9.18 Å². The highest BCUT2D eigenvalue weighted by Crippen LogP contribution is 2.23. The lowest BCUT2D eigenvalue weighted by Crippen LogP contribution is -2.02. The highest BCUT2D eigenvalue weighted by Gasteiger charge is 2.12. The molecular weight excluding hydrogens is 193 g/mol. The molecule has 1 aromatic rings. The summed E-state index contributed by atoms with van der Waals surface area (Å²) >= 11 is 5.52. The number of carbonyl (C=O) groups excluding carboxylic acids is 1. The molecule has 70 valence electrons. The Labute approximate surface area is 80.5 Å². The third-order valence-corrected chi connectivity index (χ3v) is 2.19. The lowest BCUT2D eigenvalue weighted by Gasteiger charge is -2.08. The molecule has 2 nitrogen and oxygen atoms in total. The number of nitrogen functional groups attached to an aromatic ring is 1. The van der Waals surface area contributed by atoms with Crippen LogP contribution in [0, 0.1) is 12.7 Å². The average Bonchev–Trinajstić information content (AvgIpc) is 2.12. The Morgan fingerprint density at radius 3 is 2.77 bits per heavy atom. The fourth-order valence-electron chi connectivity index (χ4n) is 1.12. The van der Waals surface area contributed by atoms with Gasteiger partial charge in [0.1, 0.15) is 0 Å². The number of alkyl halides is 1. The van der Waals surface area contributed by atoms with Crippen molar-refractivity contribution in [3.63, 3.8) is 0 Å². The molecule has 0 aliphatic rings. The summed E-state index contributed by atoms with van der Waals surface area (Å²) in [6, 6.07) is 1.53. The van der Waals surface area contributed by atoms with Crippen molar-refractivity contribution in [1.82, 2.24) is 0 Å². The lowest BCUT2D eigenvalue weighted by atomic mass is 10.0. The van der Waals surface area contributed by atoms with E-state index in [1.807, 2.05) is 0 Å². The van der Waals surface area contributed by atoms with Crippen LogP contribution in [0.4, 0.5) is 10.1 Å². The van der Waals surface area contributed by atoms with Gasteiger partial charge in [-0.2, -0.15) is 0 Å². The molecule has 0 heterocycles. The molecule has 1 rings (SSSR count). The van der Waals surface area contributed by atoms with Crippen molar-refractivity contribution in [3.8, 4) is 0 Å². The first-order valence-corrected chi connectivity index (χ1v) is 4.23. The normalized spacial score (nSPS) is 10.1. The number of anilines is 1. The SMILES string of the molecule is Cc1cc(C=O)c(N)c(F)c1CCl. The van der Waals surface area contributed by atoms with Crippen LogP contribution in [0.25, 0.3) is 0 Å². The van der Waals surface area contributed by atoms with Crippen LogP contribution >= 0.6 is 11.6 Å². The number of hydrogen-bond acceptors (Lipinski definition) is 2. The number of aryl methyl sites for hydroxylation is 1. The van der Waals surface area contributed by atoms with E-state index in [9.17, 15) is 9.18 Å². The fraction of sp³-hybridized carbons (Fsp3) is 0.222. The van der Waals surface area contributed by atoms with E-state index in [1.54, 1.807) is 6.92 Å². The molecule has 0 saturated heterocycles. The lowest BCUT2D eigenvalue weighted by molar-refractivity contribution is 0.112. The molecule has 0 unspecified atom stereocenters. The van der Waals surface area contributed by atoms with Gasteiger partial charge >= 0.3 is 0 Å². The first-order chi connectivity index (χ1) is 6.11. The van der Waals surface area contributed by atoms with Gasteiger partial charge in [0.25, 0.3) is 0 Å². The molecule has 4 heteroatoms.